The summed E-state index contributed by atoms with van der Waals surface area (Å²) in [6, 6.07) is 8.12. The van der Waals surface area contributed by atoms with E-state index in [1.807, 2.05) is 29.2 Å². The summed E-state index contributed by atoms with van der Waals surface area (Å²) in [6.45, 7) is 3.09. The van der Waals surface area contributed by atoms with Gasteiger partial charge in [0.2, 0.25) is 0 Å². The molecule has 0 aromatic heterocycles. The number of halogens is 2. The lowest BCUT2D eigenvalue weighted by molar-refractivity contribution is 0.0737. The van der Waals surface area contributed by atoms with E-state index in [4.69, 9.17) is 0 Å². The first kappa shape index (κ1) is 13.3. The minimum absolute atomic E-state index is 0.170. The molecule has 1 saturated heterocycles. The van der Waals surface area contributed by atoms with E-state index >= 15 is 0 Å². The van der Waals surface area contributed by atoms with Crippen LogP contribution in [-0.4, -0.2) is 28.7 Å². The second-order valence-electron chi connectivity index (χ2n) is 4.47. The molecule has 2 atom stereocenters. The Hall–Kier alpha value is -0.100. The highest BCUT2D eigenvalue weighted by molar-refractivity contribution is 14.1. The third-order valence-corrected chi connectivity index (χ3v) is 5.01. The molecule has 0 radical (unpaired) electrons. The van der Waals surface area contributed by atoms with Gasteiger partial charge in [-0.3, -0.25) is 4.79 Å². The summed E-state index contributed by atoms with van der Waals surface area (Å²) < 4.78 is 1.03. The third kappa shape index (κ3) is 2.67. The monoisotopic (exact) mass is 407 g/mol. The maximum absolute atomic E-state index is 12.5. The van der Waals surface area contributed by atoms with Crippen LogP contribution in [0.3, 0.4) is 0 Å². The summed E-state index contributed by atoms with van der Waals surface area (Å²) in [7, 11) is 0. The normalized spacial score (nSPS) is 24.1. The molecular weight excluding hydrogens is 393 g/mol. The average Bonchev–Trinajstić information content (AvgIpc) is 2.70. The zero-order chi connectivity index (χ0) is 12.4. The number of rotatable bonds is 2. The quantitative estimate of drug-likeness (QED) is 0.542. The summed E-state index contributed by atoms with van der Waals surface area (Å²) in [5.74, 6) is 0.753. The van der Waals surface area contributed by atoms with Crippen LogP contribution in [0.15, 0.2) is 24.3 Å². The fourth-order valence-electron chi connectivity index (χ4n) is 2.29. The molecule has 0 saturated carbocycles. The van der Waals surface area contributed by atoms with Gasteiger partial charge in [-0.1, -0.05) is 35.0 Å². The number of likely N-dealkylation sites (tertiary alicyclic amines) is 1. The molecule has 0 bridgehead atoms. The Morgan fingerprint density at radius 2 is 2.24 bits per heavy atom. The van der Waals surface area contributed by atoms with Crippen LogP contribution < -0.4 is 0 Å². The number of hydrogen-bond donors (Lipinski definition) is 0. The summed E-state index contributed by atoms with van der Waals surface area (Å²) in [5.41, 5.74) is 0.827. The van der Waals surface area contributed by atoms with Gasteiger partial charge in [-0.15, -0.1) is 0 Å². The number of benzene rings is 1. The van der Waals surface area contributed by atoms with Crippen LogP contribution >= 0.6 is 38.5 Å². The van der Waals surface area contributed by atoms with Crippen molar-refractivity contribution in [3.05, 3.63) is 33.4 Å². The lowest BCUT2D eigenvalue weighted by atomic mass is 10.0. The van der Waals surface area contributed by atoms with E-state index in [0.717, 1.165) is 27.4 Å². The fourth-order valence-corrected chi connectivity index (χ4v) is 3.89. The maximum atomic E-state index is 12.5. The molecule has 1 aromatic carbocycles. The molecule has 2 unspecified atom stereocenters. The topological polar surface area (TPSA) is 20.3 Å². The van der Waals surface area contributed by atoms with Gasteiger partial charge in [0.1, 0.15) is 0 Å². The smallest absolute Gasteiger partial charge is 0.255 e. The Labute approximate surface area is 124 Å². The van der Waals surface area contributed by atoms with Gasteiger partial charge in [0, 0.05) is 21.5 Å². The molecule has 2 nitrogen and oxygen atoms in total. The first-order valence-corrected chi connectivity index (χ1v) is 7.96. The zero-order valence-corrected chi connectivity index (χ0v) is 13.4. The minimum atomic E-state index is 0.170. The van der Waals surface area contributed by atoms with Crippen molar-refractivity contribution in [1.82, 2.24) is 4.90 Å². The zero-order valence-electron chi connectivity index (χ0n) is 9.70. The van der Waals surface area contributed by atoms with E-state index < -0.39 is 0 Å². The molecule has 1 aliphatic heterocycles. The van der Waals surface area contributed by atoms with Crippen molar-refractivity contribution in [2.45, 2.75) is 19.4 Å². The number of hydrogen-bond acceptors (Lipinski definition) is 1. The summed E-state index contributed by atoms with van der Waals surface area (Å²) in [4.78, 5) is 14.5. The molecule has 1 heterocycles. The third-order valence-electron chi connectivity index (χ3n) is 3.41. The lowest BCUT2D eigenvalue weighted by Crippen LogP contribution is -2.38. The largest absolute Gasteiger partial charge is 0.335 e. The van der Waals surface area contributed by atoms with Crippen molar-refractivity contribution < 1.29 is 4.79 Å². The number of carbonyl (C=O) groups is 1. The number of nitrogens with zero attached hydrogens (tertiary/aromatic N) is 1. The highest BCUT2D eigenvalue weighted by Crippen LogP contribution is 2.27. The Kier molecular flexibility index (Phi) is 4.47. The molecule has 0 spiro atoms. The molecule has 1 aromatic rings. The van der Waals surface area contributed by atoms with Gasteiger partial charge in [0.05, 0.1) is 5.56 Å². The van der Waals surface area contributed by atoms with E-state index in [-0.39, 0.29) is 5.91 Å². The van der Waals surface area contributed by atoms with Crippen molar-refractivity contribution in [2.75, 3.05) is 11.9 Å². The van der Waals surface area contributed by atoms with Crippen LogP contribution in [0.5, 0.6) is 0 Å². The van der Waals surface area contributed by atoms with Crippen LogP contribution in [0.25, 0.3) is 0 Å². The highest BCUT2D eigenvalue weighted by atomic mass is 127. The van der Waals surface area contributed by atoms with Crippen molar-refractivity contribution in [3.8, 4) is 0 Å². The second-order valence-corrected chi connectivity index (χ2v) is 6.28. The predicted octanol–water partition coefficient (Wildman–Crippen LogP) is 3.54. The Morgan fingerprint density at radius 1 is 1.53 bits per heavy atom. The fraction of sp³-hybridized carbons (Fsp3) is 0.462. The molecule has 0 N–H and O–H groups in total. The van der Waals surface area contributed by atoms with Gasteiger partial charge in [-0.05, 0) is 47.1 Å². The predicted molar refractivity (Wildman–Crippen MR) is 81.6 cm³/mol. The van der Waals surface area contributed by atoms with Crippen LogP contribution in [-0.2, 0) is 0 Å². The van der Waals surface area contributed by atoms with Crippen molar-refractivity contribution >= 4 is 44.4 Å². The number of carbonyl (C=O) groups excluding carboxylic acids is 1. The SMILES string of the molecule is CC1CCN(C(=O)c2ccccc2I)C1CBr. The Bertz CT molecular complexity index is 424. The van der Waals surface area contributed by atoms with Gasteiger partial charge >= 0.3 is 0 Å². The van der Waals surface area contributed by atoms with Crippen LogP contribution in [0.4, 0.5) is 0 Å². The molecule has 4 heteroatoms. The van der Waals surface area contributed by atoms with Crippen molar-refractivity contribution in [1.29, 1.82) is 0 Å². The van der Waals surface area contributed by atoms with Crippen LogP contribution in [0.2, 0.25) is 0 Å². The van der Waals surface area contributed by atoms with Gasteiger partial charge in [-0.25, -0.2) is 0 Å². The maximum Gasteiger partial charge on any atom is 0.255 e. The second kappa shape index (κ2) is 5.69. The van der Waals surface area contributed by atoms with Gasteiger partial charge in [0.25, 0.3) is 5.91 Å². The molecule has 2 rings (SSSR count). The summed E-state index contributed by atoms with van der Waals surface area (Å²) in [5, 5.41) is 0.864. The van der Waals surface area contributed by atoms with E-state index in [9.17, 15) is 4.79 Å². The van der Waals surface area contributed by atoms with Gasteiger partial charge in [0.15, 0.2) is 0 Å². The number of amides is 1. The van der Waals surface area contributed by atoms with Crippen molar-refractivity contribution in [3.63, 3.8) is 0 Å². The molecule has 92 valence electrons. The van der Waals surface area contributed by atoms with Gasteiger partial charge in [-0.2, -0.15) is 0 Å². The van der Waals surface area contributed by atoms with E-state index in [1.165, 1.54) is 0 Å². The molecule has 0 aliphatic carbocycles. The van der Waals surface area contributed by atoms with Crippen LogP contribution in [0, 0.1) is 9.49 Å². The standard InChI is InChI=1S/C13H15BrINO/c1-9-6-7-16(12(9)8-14)13(17)10-4-2-3-5-11(10)15/h2-5,9,12H,6-8H2,1H3. The molecule has 1 amide bonds. The average molecular weight is 408 g/mol. The van der Waals surface area contributed by atoms with Crippen molar-refractivity contribution in [2.24, 2.45) is 5.92 Å². The van der Waals surface area contributed by atoms with E-state index in [0.29, 0.717) is 12.0 Å². The number of alkyl halides is 1. The van der Waals surface area contributed by atoms with E-state index in [2.05, 4.69) is 45.4 Å². The van der Waals surface area contributed by atoms with Crippen LogP contribution in [0.1, 0.15) is 23.7 Å². The minimum Gasteiger partial charge on any atom is -0.335 e. The Morgan fingerprint density at radius 3 is 2.88 bits per heavy atom. The highest BCUT2D eigenvalue weighted by Gasteiger charge is 2.34. The van der Waals surface area contributed by atoms with Gasteiger partial charge < -0.3 is 4.90 Å². The lowest BCUT2D eigenvalue weighted by Gasteiger charge is -2.25. The molecule has 17 heavy (non-hydrogen) atoms. The first-order valence-electron chi connectivity index (χ1n) is 5.76. The summed E-state index contributed by atoms with van der Waals surface area (Å²) >= 11 is 5.75. The first-order chi connectivity index (χ1) is 8.15. The molecular formula is C13H15BrINO. The molecule has 1 fully saturated rings. The van der Waals surface area contributed by atoms with E-state index in [1.54, 1.807) is 0 Å². The summed E-state index contributed by atoms with van der Waals surface area (Å²) in [6.07, 6.45) is 1.10. The Balaban J connectivity index is 2.24. The molecule has 1 aliphatic rings.